The number of phenols is 1. The fraction of sp³-hybridized carbons (Fsp3) is 0.0769. The average Bonchev–Trinajstić information content (AvgIpc) is 2.41. The van der Waals surface area contributed by atoms with Crippen molar-refractivity contribution in [2.75, 3.05) is 0 Å². The third kappa shape index (κ3) is 1.84. The van der Waals surface area contributed by atoms with Gasteiger partial charge in [-0.25, -0.2) is 4.98 Å². The minimum atomic E-state index is -0.526. The molecule has 0 bridgehead atoms. The third-order valence-corrected chi connectivity index (χ3v) is 3.89. The van der Waals surface area contributed by atoms with Crippen LogP contribution < -0.4 is 5.43 Å². The van der Waals surface area contributed by atoms with Crippen molar-refractivity contribution < 1.29 is 9.52 Å². The Labute approximate surface area is 127 Å². The van der Waals surface area contributed by atoms with E-state index in [0.717, 1.165) is 0 Å². The first-order valence-electron chi connectivity index (χ1n) is 5.50. The summed E-state index contributed by atoms with van der Waals surface area (Å²) in [6.07, 6.45) is 0. The van der Waals surface area contributed by atoms with Crippen LogP contribution in [0.1, 0.15) is 5.56 Å². The van der Waals surface area contributed by atoms with Gasteiger partial charge in [-0.05, 0) is 19.1 Å². The molecule has 1 heterocycles. The van der Waals surface area contributed by atoms with Gasteiger partial charge in [0.1, 0.15) is 22.0 Å². The number of rotatable bonds is 0. The summed E-state index contributed by atoms with van der Waals surface area (Å²) in [6, 6.07) is 2.85. The maximum absolute atomic E-state index is 11.7. The predicted molar refractivity (Wildman–Crippen MR) is 78.3 cm³/mol. The van der Waals surface area contributed by atoms with Crippen LogP contribution in [0.3, 0.4) is 0 Å². The lowest BCUT2D eigenvalue weighted by Crippen LogP contribution is -2.06. The lowest BCUT2D eigenvalue weighted by atomic mass is 10.1. The van der Waals surface area contributed by atoms with Gasteiger partial charge in [-0.15, -0.1) is 0 Å². The van der Waals surface area contributed by atoms with E-state index in [4.69, 9.17) is 39.2 Å². The second-order valence-corrected chi connectivity index (χ2v) is 5.44. The van der Waals surface area contributed by atoms with E-state index in [2.05, 4.69) is 4.98 Å². The number of hydrogen-bond acceptors (Lipinski definition) is 4. The van der Waals surface area contributed by atoms with Crippen molar-refractivity contribution in [2.45, 2.75) is 6.92 Å². The minimum Gasteiger partial charge on any atom is -0.506 e. The number of fused-ring (bicyclic) bond motifs is 2. The van der Waals surface area contributed by atoms with E-state index >= 15 is 0 Å². The largest absolute Gasteiger partial charge is 0.506 e. The fourth-order valence-corrected chi connectivity index (χ4v) is 2.66. The highest BCUT2D eigenvalue weighted by Gasteiger charge is 2.20. The van der Waals surface area contributed by atoms with Crippen LogP contribution in [-0.4, -0.2) is 10.1 Å². The molecule has 1 aliphatic heterocycles. The number of nitrogens with zero attached hydrogens (tertiary/aromatic N) is 1. The Morgan fingerprint density at radius 2 is 1.90 bits per heavy atom. The zero-order chi connectivity index (χ0) is 14.6. The van der Waals surface area contributed by atoms with Crippen molar-refractivity contribution in [3.8, 4) is 17.2 Å². The molecular weight excluding hydrogens is 325 g/mol. The molecule has 1 aromatic rings. The molecule has 2 aliphatic rings. The molecule has 0 spiro atoms. The summed E-state index contributed by atoms with van der Waals surface area (Å²) < 4.78 is 5.61. The van der Waals surface area contributed by atoms with Gasteiger partial charge >= 0.3 is 0 Å². The van der Waals surface area contributed by atoms with Gasteiger partial charge in [0.15, 0.2) is 11.3 Å². The van der Waals surface area contributed by atoms with E-state index in [1.807, 2.05) is 0 Å². The van der Waals surface area contributed by atoms with Gasteiger partial charge in [-0.3, -0.25) is 4.79 Å². The number of aryl methyl sites for hydroxylation is 1. The van der Waals surface area contributed by atoms with Crippen molar-refractivity contribution in [1.82, 2.24) is 4.98 Å². The second kappa shape index (κ2) is 4.52. The van der Waals surface area contributed by atoms with Gasteiger partial charge in [-0.2, -0.15) is 0 Å². The van der Waals surface area contributed by atoms with Crippen LogP contribution in [-0.2, 0) is 0 Å². The lowest BCUT2D eigenvalue weighted by Gasteiger charge is -2.11. The van der Waals surface area contributed by atoms with E-state index in [1.165, 1.54) is 12.1 Å². The molecule has 20 heavy (non-hydrogen) atoms. The van der Waals surface area contributed by atoms with Crippen LogP contribution in [0.4, 0.5) is 0 Å². The van der Waals surface area contributed by atoms with Crippen molar-refractivity contribution in [2.24, 2.45) is 0 Å². The molecule has 1 N–H and O–H groups in total. The SMILES string of the molecule is Cc1c(O)c(Cl)cc2nc3cc(Cl)c(=O)c(Cl)c-3oc12. The molecule has 1 aliphatic carbocycles. The molecule has 102 valence electrons. The fourth-order valence-electron chi connectivity index (χ4n) is 1.93. The Morgan fingerprint density at radius 3 is 2.60 bits per heavy atom. The molecule has 0 radical (unpaired) electrons. The molecule has 0 unspecified atom stereocenters. The highest BCUT2D eigenvalue weighted by Crippen LogP contribution is 2.37. The maximum Gasteiger partial charge on any atom is 0.219 e. The molecule has 0 saturated carbocycles. The van der Waals surface area contributed by atoms with Gasteiger partial charge in [0, 0.05) is 5.56 Å². The molecule has 0 saturated heterocycles. The van der Waals surface area contributed by atoms with E-state index in [0.29, 0.717) is 22.4 Å². The van der Waals surface area contributed by atoms with Crippen LogP contribution in [0.2, 0.25) is 15.1 Å². The van der Waals surface area contributed by atoms with Crippen LogP contribution in [0.25, 0.3) is 22.6 Å². The van der Waals surface area contributed by atoms with Crippen LogP contribution in [0.15, 0.2) is 21.3 Å². The zero-order valence-corrected chi connectivity index (χ0v) is 12.3. The van der Waals surface area contributed by atoms with E-state index in [9.17, 15) is 9.90 Å². The first kappa shape index (κ1) is 13.5. The van der Waals surface area contributed by atoms with Crippen molar-refractivity contribution in [3.63, 3.8) is 0 Å². The number of phenolic OH excluding ortho intramolecular Hbond substituents is 1. The number of halogens is 3. The summed E-state index contributed by atoms with van der Waals surface area (Å²) in [5.74, 6) is 0.0230. The molecule has 0 fully saturated rings. The quantitative estimate of drug-likeness (QED) is 0.625. The number of hydrogen-bond donors (Lipinski definition) is 1. The Morgan fingerprint density at radius 1 is 1.20 bits per heavy atom. The Hall–Kier alpha value is -1.49. The van der Waals surface area contributed by atoms with E-state index < -0.39 is 5.43 Å². The summed E-state index contributed by atoms with van der Waals surface area (Å²) in [5, 5.41) is 9.79. The Kier molecular flexibility index (Phi) is 3.05. The topological polar surface area (TPSA) is 63.3 Å². The Bertz CT molecular complexity index is 889. The highest BCUT2D eigenvalue weighted by atomic mass is 35.5. The first-order chi connectivity index (χ1) is 9.40. The highest BCUT2D eigenvalue weighted by molar-refractivity contribution is 6.36. The van der Waals surface area contributed by atoms with Crippen molar-refractivity contribution >= 4 is 45.9 Å². The van der Waals surface area contributed by atoms with Crippen molar-refractivity contribution in [3.05, 3.63) is 43.0 Å². The molecule has 1 aromatic carbocycles. The van der Waals surface area contributed by atoms with Crippen molar-refractivity contribution in [1.29, 1.82) is 0 Å². The Balaban J connectivity index is 2.55. The molecule has 7 heteroatoms. The first-order valence-corrected chi connectivity index (χ1v) is 6.64. The predicted octanol–water partition coefficient (Wildman–Crippen LogP) is 4.27. The standard InChI is InChI=1S/C13H6Cl3NO3/c1-4-10(18)5(14)2-7-12(4)20-13-8(17-7)3-6(15)11(19)9(13)16/h2-3,18H,1H3. The number of aromatic hydroxyl groups is 1. The summed E-state index contributed by atoms with van der Waals surface area (Å²) >= 11 is 17.6. The normalized spacial score (nSPS) is 11.4. The monoisotopic (exact) mass is 329 g/mol. The smallest absolute Gasteiger partial charge is 0.219 e. The van der Waals surface area contributed by atoms with E-state index in [1.54, 1.807) is 6.92 Å². The molecule has 3 rings (SSSR count). The minimum absolute atomic E-state index is 0.0360. The van der Waals surface area contributed by atoms with Gasteiger partial charge < -0.3 is 9.52 Å². The molecular formula is C13H6Cl3NO3. The summed E-state index contributed by atoms with van der Waals surface area (Å²) in [7, 11) is 0. The third-order valence-electron chi connectivity index (χ3n) is 2.97. The molecule has 0 amide bonds. The van der Waals surface area contributed by atoms with Gasteiger partial charge in [0.05, 0.1) is 10.0 Å². The molecule has 4 nitrogen and oxygen atoms in total. The lowest BCUT2D eigenvalue weighted by molar-refractivity contribution is 0.470. The van der Waals surface area contributed by atoms with E-state index in [-0.39, 0.29) is 26.6 Å². The van der Waals surface area contributed by atoms with Crippen LogP contribution in [0.5, 0.6) is 5.75 Å². The molecule has 0 aromatic heterocycles. The number of aromatic nitrogens is 1. The second-order valence-electron chi connectivity index (χ2n) is 4.24. The van der Waals surface area contributed by atoms with Crippen LogP contribution in [0, 0.1) is 6.92 Å². The zero-order valence-electron chi connectivity index (χ0n) is 10.00. The van der Waals surface area contributed by atoms with Crippen LogP contribution >= 0.6 is 34.8 Å². The average molecular weight is 331 g/mol. The summed E-state index contributed by atoms with van der Waals surface area (Å²) in [6.45, 7) is 1.63. The summed E-state index contributed by atoms with van der Waals surface area (Å²) in [5.41, 5.74) is 0.974. The van der Waals surface area contributed by atoms with Gasteiger partial charge in [0.2, 0.25) is 5.43 Å². The summed E-state index contributed by atoms with van der Waals surface area (Å²) in [4.78, 5) is 16.0. The molecule has 0 atom stereocenters. The van der Waals surface area contributed by atoms with Gasteiger partial charge in [-0.1, -0.05) is 34.8 Å². The van der Waals surface area contributed by atoms with Gasteiger partial charge in [0.25, 0.3) is 0 Å². The maximum atomic E-state index is 11.7. The number of benzene rings is 2.